The van der Waals surface area contributed by atoms with E-state index in [9.17, 15) is 4.79 Å². The Hall–Kier alpha value is -1.35. The molecular weight excluding hydrogens is 200 g/mol. The molecule has 0 saturated heterocycles. The molecule has 0 aromatic heterocycles. The number of rotatable bonds is 5. The van der Waals surface area contributed by atoms with Crippen molar-refractivity contribution in [2.24, 2.45) is 0 Å². The Labute approximate surface area is 96.2 Å². The van der Waals surface area contributed by atoms with Crippen molar-refractivity contribution in [1.82, 2.24) is 5.32 Å². The predicted octanol–water partition coefficient (Wildman–Crippen LogP) is 2.16. The molecule has 2 rings (SSSR count). The third-order valence-electron chi connectivity index (χ3n) is 2.65. The van der Waals surface area contributed by atoms with Crippen LogP contribution in [-0.4, -0.2) is 18.0 Å². The average Bonchev–Trinajstić information content (AvgIpc) is 3.02. The Morgan fingerprint density at radius 1 is 1.38 bits per heavy atom. The van der Waals surface area contributed by atoms with Crippen LogP contribution in [0.1, 0.15) is 26.2 Å². The molecule has 0 radical (unpaired) electrons. The lowest BCUT2D eigenvalue weighted by Crippen LogP contribution is -2.32. The highest BCUT2D eigenvalue weighted by molar-refractivity contribution is 5.90. The van der Waals surface area contributed by atoms with E-state index in [1.807, 2.05) is 30.3 Å². The minimum atomic E-state index is 0.0758. The van der Waals surface area contributed by atoms with Gasteiger partial charge < -0.3 is 10.6 Å². The SMILES string of the molecule is CC(CC(=O)Nc1ccccc1)NC1CC1. The highest BCUT2D eigenvalue weighted by Gasteiger charge is 2.23. The first-order chi connectivity index (χ1) is 7.74. The van der Waals surface area contributed by atoms with Crippen LogP contribution in [0.2, 0.25) is 0 Å². The summed E-state index contributed by atoms with van der Waals surface area (Å²) in [5.41, 5.74) is 0.867. The molecular formula is C13H18N2O. The van der Waals surface area contributed by atoms with E-state index in [1.54, 1.807) is 0 Å². The maximum atomic E-state index is 11.7. The molecule has 1 atom stereocenters. The maximum Gasteiger partial charge on any atom is 0.225 e. The summed E-state index contributed by atoms with van der Waals surface area (Å²) in [5.74, 6) is 0.0758. The Morgan fingerprint density at radius 2 is 2.06 bits per heavy atom. The monoisotopic (exact) mass is 218 g/mol. The summed E-state index contributed by atoms with van der Waals surface area (Å²) < 4.78 is 0. The van der Waals surface area contributed by atoms with Gasteiger partial charge in [-0.2, -0.15) is 0 Å². The second-order valence-corrected chi connectivity index (χ2v) is 4.46. The normalized spacial score (nSPS) is 16.8. The summed E-state index contributed by atoms with van der Waals surface area (Å²) in [7, 11) is 0. The van der Waals surface area contributed by atoms with Crippen molar-refractivity contribution >= 4 is 11.6 Å². The van der Waals surface area contributed by atoms with Gasteiger partial charge in [0.05, 0.1) is 0 Å². The fraction of sp³-hybridized carbons (Fsp3) is 0.462. The van der Waals surface area contributed by atoms with Crippen LogP contribution in [0.4, 0.5) is 5.69 Å². The van der Waals surface area contributed by atoms with Crippen LogP contribution < -0.4 is 10.6 Å². The van der Waals surface area contributed by atoms with E-state index < -0.39 is 0 Å². The molecule has 86 valence electrons. The zero-order valence-electron chi connectivity index (χ0n) is 9.57. The molecule has 1 unspecified atom stereocenters. The average molecular weight is 218 g/mol. The summed E-state index contributed by atoms with van der Waals surface area (Å²) in [6.45, 7) is 2.06. The number of amides is 1. The fourth-order valence-corrected chi connectivity index (χ4v) is 1.72. The quantitative estimate of drug-likeness (QED) is 0.795. The van der Waals surface area contributed by atoms with E-state index in [1.165, 1.54) is 12.8 Å². The number of para-hydroxylation sites is 1. The first kappa shape index (κ1) is 11.1. The van der Waals surface area contributed by atoms with Gasteiger partial charge in [0.15, 0.2) is 0 Å². The first-order valence-electron chi connectivity index (χ1n) is 5.85. The van der Waals surface area contributed by atoms with Crippen molar-refractivity contribution in [3.05, 3.63) is 30.3 Å². The molecule has 1 saturated carbocycles. The lowest BCUT2D eigenvalue weighted by atomic mass is 10.2. The number of hydrogen-bond donors (Lipinski definition) is 2. The number of anilines is 1. The van der Waals surface area contributed by atoms with Crippen LogP contribution in [0.5, 0.6) is 0 Å². The van der Waals surface area contributed by atoms with Crippen LogP contribution in [0.15, 0.2) is 30.3 Å². The van der Waals surface area contributed by atoms with Gasteiger partial charge in [0.2, 0.25) is 5.91 Å². The Balaban J connectivity index is 1.75. The maximum absolute atomic E-state index is 11.7. The summed E-state index contributed by atoms with van der Waals surface area (Å²) in [5, 5.41) is 6.30. The molecule has 0 spiro atoms. The third-order valence-corrected chi connectivity index (χ3v) is 2.65. The van der Waals surface area contributed by atoms with Crippen LogP contribution >= 0.6 is 0 Å². The van der Waals surface area contributed by atoms with Gasteiger partial charge in [-0.3, -0.25) is 4.79 Å². The van der Waals surface area contributed by atoms with Gasteiger partial charge >= 0.3 is 0 Å². The summed E-state index contributed by atoms with van der Waals surface area (Å²) in [6.07, 6.45) is 3.04. The number of carbonyl (C=O) groups excluding carboxylic acids is 1. The molecule has 1 amide bonds. The van der Waals surface area contributed by atoms with Crippen LogP contribution in [0, 0.1) is 0 Å². The first-order valence-corrected chi connectivity index (χ1v) is 5.85. The molecule has 3 nitrogen and oxygen atoms in total. The van der Waals surface area contributed by atoms with Crippen molar-refractivity contribution < 1.29 is 4.79 Å². The number of carbonyl (C=O) groups is 1. The van der Waals surface area contributed by atoms with Crippen molar-refractivity contribution in [2.75, 3.05) is 5.32 Å². The van der Waals surface area contributed by atoms with Gasteiger partial charge in [-0.25, -0.2) is 0 Å². The fourth-order valence-electron chi connectivity index (χ4n) is 1.72. The molecule has 0 bridgehead atoms. The summed E-state index contributed by atoms with van der Waals surface area (Å²) in [4.78, 5) is 11.7. The second kappa shape index (κ2) is 5.12. The van der Waals surface area contributed by atoms with Gasteiger partial charge in [-0.1, -0.05) is 18.2 Å². The van der Waals surface area contributed by atoms with Crippen molar-refractivity contribution in [3.8, 4) is 0 Å². The highest BCUT2D eigenvalue weighted by Crippen LogP contribution is 2.19. The van der Waals surface area contributed by atoms with Gasteiger partial charge in [0.1, 0.15) is 0 Å². The lowest BCUT2D eigenvalue weighted by molar-refractivity contribution is -0.116. The minimum Gasteiger partial charge on any atom is -0.326 e. The van der Waals surface area contributed by atoms with E-state index >= 15 is 0 Å². The van der Waals surface area contributed by atoms with Crippen molar-refractivity contribution in [1.29, 1.82) is 0 Å². The van der Waals surface area contributed by atoms with E-state index in [0.29, 0.717) is 12.5 Å². The smallest absolute Gasteiger partial charge is 0.225 e. The van der Waals surface area contributed by atoms with E-state index in [4.69, 9.17) is 0 Å². The molecule has 16 heavy (non-hydrogen) atoms. The Morgan fingerprint density at radius 3 is 2.69 bits per heavy atom. The molecule has 3 heteroatoms. The standard InChI is InChI=1S/C13H18N2O/c1-10(14-12-7-8-12)9-13(16)15-11-5-3-2-4-6-11/h2-6,10,12,14H,7-9H2,1H3,(H,15,16). The molecule has 1 aromatic carbocycles. The van der Waals surface area contributed by atoms with E-state index in [0.717, 1.165) is 5.69 Å². The van der Waals surface area contributed by atoms with E-state index in [-0.39, 0.29) is 11.9 Å². The topological polar surface area (TPSA) is 41.1 Å². The van der Waals surface area contributed by atoms with Gasteiger partial charge in [-0.05, 0) is 31.9 Å². The molecule has 1 aliphatic rings. The third kappa shape index (κ3) is 3.66. The van der Waals surface area contributed by atoms with Gasteiger partial charge in [-0.15, -0.1) is 0 Å². The van der Waals surface area contributed by atoms with Crippen molar-refractivity contribution in [3.63, 3.8) is 0 Å². The van der Waals surface area contributed by atoms with Gasteiger partial charge in [0, 0.05) is 24.2 Å². The number of nitrogens with one attached hydrogen (secondary N) is 2. The summed E-state index contributed by atoms with van der Waals surface area (Å²) in [6, 6.07) is 10.5. The molecule has 0 aliphatic heterocycles. The van der Waals surface area contributed by atoms with Crippen LogP contribution in [0.3, 0.4) is 0 Å². The zero-order valence-corrected chi connectivity index (χ0v) is 9.57. The van der Waals surface area contributed by atoms with Crippen molar-refractivity contribution in [2.45, 2.75) is 38.3 Å². The van der Waals surface area contributed by atoms with E-state index in [2.05, 4.69) is 17.6 Å². The second-order valence-electron chi connectivity index (χ2n) is 4.46. The lowest BCUT2D eigenvalue weighted by Gasteiger charge is -2.12. The number of hydrogen-bond acceptors (Lipinski definition) is 2. The highest BCUT2D eigenvalue weighted by atomic mass is 16.1. The molecule has 0 heterocycles. The van der Waals surface area contributed by atoms with Crippen LogP contribution in [-0.2, 0) is 4.79 Å². The molecule has 1 aromatic rings. The molecule has 2 N–H and O–H groups in total. The molecule has 1 fully saturated rings. The van der Waals surface area contributed by atoms with Gasteiger partial charge in [0.25, 0.3) is 0 Å². The van der Waals surface area contributed by atoms with Crippen LogP contribution in [0.25, 0.3) is 0 Å². The Kier molecular flexibility index (Phi) is 3.57. The minimum absolute atomic E-state index is 0.0758. The zero-order chi connectivity index (χ0) is 11.4. The Bertz CT molecular complexity index is 346. The molecule has 1 aliphatic carbocycles. The predicted molar refractivity (Wildman–Crippen MR) is 65.3 cm³/mol. The summed E-state index contributed by atoms with van der Waals surface area (Å²) >= 11 is 0. The largest absolute Gasteiger partial charge is 0.326 e. The number of benzene rings is 1.